The largest absolute Gasteiger partial charge is 0.385 e. The predicted octanol–water partition coefficient (Wildman–Crippen LogP) is 1.72. The van der Waals surface area contributed by atoms with Crippen molar-refractivity contribution >= 4 is 5.91 Å². The van der Waals surface area contributed by atoms with Gasteiger partial charge in [0, 0.05) is 26.5 Å². The molecular weight excluding hydrogens is 292 g/mol. The summed E-state index contributed by atoms with van der Waals surface area (Å²) in [6.07, 6.45) is 4.30. The molecule has 1 aliphatic heterocycles. The van der Waals surface area contributed by atoms with E-state index in [-0.39, 0.29) is 5.91 Å². The number of fused-ring (bicyclic) bond motifs is 1. The third kappa shape index (κ3) is 2.96. The van der Waals surface area contributed by atoms with Crippen molar-refractivity contribution < 1.29 is 9.53 Å². The minimum absolute atomic E-state index is 0.0521. The lowest BCUT2D eigenvalue weighted by molar-refractivity contribution is -0.136. The molecule has 1 amide bonds. The molecule has 3 rings (SSSR count). The summed E-state index contributed by atoms with van der Waals surface area (Å²) in [6, 6.07) is 8.83. The van der Waals surface area contributed by atoms with Crippen molar-refractivity contribution in [1.29, 1.82) is 5.26 Å². The van der Waals surface area contributed by atoms with E-state index in [4.69, 9.17) is 10.00 Å². The fraction of sp³-hybridized carbons (Fsp3) is 0.353. The average molecular weight is 310 g/mol. The van der Waals surface area contributed by atoms with Crippen molar-refractivity contribution in [2.75, 3.05) is 20.3 Å². The van der Waals surface area contributed by atoms with Crippen molar-refractivity contribution in [3.8, 4) is 6.07 Å². The molecule has 0 fully saturated rings. The van der Waals surface area contributed by atoms with Gasteiger partial charge in [0.25, 0.3) is 5.91 Å². The van der Waals surface area contributed by atoms with Crippen LogP contribution in [0.25, 0.3) is 0 Å². The van der Waals surface area contributed by atoms with Crippen molar-refractivity contribution in [3.05, 3.63) is 53.6 Å². The Hall–Kier alpha value is -2.65. The van der Waals surface area contributed by atoms with Gasteiger partial charge in [0.2, 0.25) is 0 Å². The van der Waals surface area contributed by atoms with Gasteiger partial charge >= 0.3 is 0 Å². The molecular formula is C17H18N4O2. The van der Waals surface area contributed by atoms with Gasteiger partial charge in [-0.05, 0) is 24.1 Å². The van der Waals surface area contributed by atoms with Crippen LogP contribution in [0, 0.1) is 11.3 Å². The van der Waals surface area contributed by atoms with Crippen molar-refractivity contribution in [2.45, 2.75) is 19.0 Å². The van der Waals surface area contributed by atoms with Crippen LogP contribution in [0.3, 0.4) is 0 Å². The predicted molar refractivity (Wildman–Crippen MR) is 83.4 cm³/mol. The average Bonchev–Trinajstić information content (AvgIpc) is 3.03. The third-order valence-electron chi connectivity index (χ3n) is 4.05. The quantitative estimate of drug-likeness (QED) is 0.788. The Morgan fingerprint density at radius 1 is 1.39 bits per heavy atom. The van der Waals surface area contributed by atoms with Gasteiger partial charge in [-0.3, -0.25) is 4.79 Å². The van der Waals surface area contributed by atoms with Crippen molar-refractivity contribution in [1.82, 2.24) is 14.5 Å². The minimum Gasteiger partial charge on any atom is -0.385 e. The van der Waals surface area contributed by atoms with Crippen LogP contribution < -0.4 is 0 Å². The van der Waals surface area contributed by atoms with Crippen LogP contribution in [0.15, 0.2) is 36.8 Å². The highest BCUT2D eigenvalue weighted by atomic mass is 16.5. The number of methoxy groups -OCH3 is 1. The zero-order valence-corrected chi connectivity index (χ0v) is 13.0. The number of carbonyl (C=O) groups excluding carboxylic acids is 1. The maximum atomic E-state index is 12.9. The second-order valence-corrected chi connectivity index (χ2v) is 5.53. The second-order valence-electron chi connectivity index (χ2n) is 5.53. The third-order valence-corrected chi connectivity index (χ3v) is 4.05. The highest BCUT2D eigenvalue weighted by molar-refractivity contribution is 5.84. The topological polar surface area (TPSA) is 71.2 Å². The number of carbonyl (C=O) groups is 1. The van der Waals surface area contributed by atoms with Crippen LogP contribution in [0.4, 0.5) is 0 Å². The summed E-state index contributed by atoms with van der Waals surface area (Å²) in [5.74, 6) is 0.0521. The number of rotatable bonds is 5. The zero-order valence-electron chi connectivity index (χ0n) is 13.0. The molecule has 1 unspecified atom stereocenters. The molecule has 0 bridgehead atoms. The molecule has 2 aromatic rings. The van der Waals surface area contributed by atoms with Crippen LogP contribution in [0.1, 0.15) is 29.3 Å². The Morgan fingerprint density at radius 2 is 2.17 bits per heavy atom. The number of ether oxygens (including phenoxy) is 1. The van der Waals surface area contributed by atoms with E-state index in [2.05, 4.69) is 11.1 Å². The number of benzene rings is 1. The molecule has 6 heteroatoms. The Labute approximate surface area is 134 Å². The number of imidazole rings is 1. The zero-order chi connectivity index (χ0) is 16.2. The first-order chi connectivity index (χ1) is 11.2. The molecule has 23 heavy (non-hydrogen) atoms. The maximum absolute atomic E-state index is 12.9. The van der Waals surface area contributed by atoms with Gasteiger partial charge in [-0.2, -0.15) is 5.26 Å². The van der Waals surface area contributed by atoms with Gasteiger partial charge in [-0.15, -0.1) is 0 Å². The van der Waals surface area contributed by atoms with E-state index in [1.807, 2.05) is 21.6 Å². The highest BCUT2D eigenvalue weighted by Crippen LogP contribution is 2.28. The molecule has 118 valence electrons. The van der Waals surface area contributed by atoms with Crippen LogP contribution >= 0.6 is 0 Å². The number of nitrogens with zero attached hydrogens (tertiary/aromatic N) is 4. The van der Waals surface area contributed by atoms with Gasteiger partial charge in [-0.1, -0.05) is 12.1 Å². The number of aromatic nitrogens is 2. The normalized spacial score (nSPS) is 17.0. The molecule has 1 aromatic carbocycles. The Balaban J connectivity index is 1.90. The molecule has 0 saturated carbocycles. The smallest absolute Gasteiger partial charge is 0.250 e. The summed E-state index contributed by atoms with van der Waals surface area (Å²) < 4.78 is 6.99. The Kier molecular flexibility index (Phi) is 4.40. The van der Waals surface area contributed by atoms with E-state index in [1.165, 1.54) is 0 Å². The molecule has 0 saturated heterocycles. The molecule has 1 atom stereocenters. The van der Waals surface area contributed by atoms with E-state index >= 15 is 0 Å². The highest BCUT2D eigenvalue weighted by Gasteiger charge is 2.33. The summed E-state index contributed by atoms with van der Waals surface area (Å²) in [5, 5.41) is 8.93. The molecule has 6 nitrogen and oxygen atoms in total. The monoisotopic (exact) mass is 310 g/mol. The summed E-state index contributed by atoms with van der Waals surface area (Å²) in [6.45, 7) is 1.85. The summed E-state index contributed by atoms with van der Waals surface area (Å²) >= 11 is 0. The first-order valence-electron chi connectivity index (χ1n) is 7.53. The second kappa shape index (κ2) is 6.63. The van der Waals surface area contributed by atoms with Crippen molar-refractivity contribution in [2.24, 2.45) is 0 Å². The van der Waals surface area contributed by atoms with Crippen LogP contribution in [0.5, 0.6) is 0 Å². The number of amides is 1. The van der Waals surface area contributed by atoms with Gasteiger partial charge in [-0.25, -0.2) is 4.98 Å². The van der Waals surface area contributed by atoms with E-state index < -0.39 is 6.04 Å². The SMILES string of the molecule is COCCCN1Cc2cncn2C(c2ccc(C#N)cc2)C1=O. The number of nitriles is 1. The Morgan fingerprint density at radius 3 is 2.87 bits per heavy atom. The van der Waals surface area contributed by atoms with Gasteiger partial charge in [0.15, 0.2) is 0 Å². The van der Waals surface area contributed by atoms with Crippen molar-refractivity contribution in [3.63, 3.8) is 0 Å². The van der Waals surface area contributed by atoms with E-state index in [0.717, 1.165) is 17.7 Å². The lowest BCUT2D eigenvalue weighted by atomic mass is 10.0. The van der Waals surface area contributed by atoms with Crippen LogP contribution in [-0.2, 0) is 16.1 Å². The lowest BCUT2D eigenvalue weighted by Crippen LogP contribution is -2.43. The molecule has 0 aliphatic carbocycles. The fourth-order valence-electron chi connectivity index (χ4n) is 2.88. The standard InChI is InChI=1S/C17H18N4O2/c1-23-8-2-7-20-11-15-10-19-12-21(15)16(17(20)22)14-5-3-13(9-18)4-6-14/h3-6,10,12,16H,2,7-8,11H2,1H3. The van der Waals surface area contributed by atoms with E-state index in [9.17, 15) is 4.79 Å². The number of hydrogen-bond donors (Lipinski definition) is 0. The number of hydrogen-bond acceptors (Lipinski definition) is 4. The minimum atomic E-state index is -0.420. The lowest BCUT2D eigenvalue weighted by Gasteiger charge is -2.34. The first-order valence-corrected chi connectivity index (χ1v) is 7.53. The van der Waals surface area contributed by atoms with Crippen LogP contribution in [-0.4, -0.2) is 40.6 Å². The molecule has 2 heterocycles. The summed E-state index contributed by atoms with van der Waals surface area (Å²) in [7, 11) is 1.66. The van der Waals surface area contributed by atoms with E-state index in [0.29, 0.717) is 25.3 Å². The van der Waals surface area contributed by atoms with Gasteiger partial charge < -0.3 is 14.2 Å². The maximum Gasteiger partial charge on any atom is 0.250 e. The summed E-state index contributed by atoms with van der Waals surface area (Å²) in [5.41, 5.74) is 2.46. The Bertz CT molecular complexity index is 730. The van der Waals surface area contributed by atoms with E-state index in [1.54, 1.807) is 31.8 Å². The first kappa shape index (κ1) is 15.3. The van der Waals surface area contributed by atoms with Crippen LogP contribution in [0.2, 0.25) is 0 Å². The van der Waals surface area contributed by atoms with Gasteiger partial charge in [0.1, 0.15) is 6.04 Å². The molecule has 0 N–H and O–H groups in total. The fourth-order valence-corrected chi connectivity index (χ4v) is 2.88. The molecule has 0 spiro atoms. The summed E-state index contributed by atoms with van der Waals surface area (Å²) in [4.78, 5) is 18.9. The molecule has 1 aliphatic rings. The molecule has 0 radical (unpaired) electrons. The van der Waals surface area contributed by atoms with Gasteiger partial charge in [0.05, 0.1) is 30.2 Å². The molecule has 1 aromatic heterocycles.